The monoisotopic (exact) mass is 391 g/mol. The highest BCUT2D eigenvalue weighted by atomic mass is 16.5. The Labute approximate surface area is 172 Å². The third-order valence-electron chi connectivity index (χ3n) is 5.71. The summed E-state index contributed by atoms with van der Waals surface area (Å²) in [5.74, 6) is 0.783. The summed E-state index contributed by atoms with van der Waals surface area (Å²) >= 11 is 0. The van der Waals surface area contributed by atoms with E-state index in [9.17, 15) is 0 Å². The lowest BCUT2D eigenvalue weighted by molar-refractivity contribution is 0.428. The maximum absolute atomic E-state index is 6.35. The maximum Gasteiger partial charge on any atom is 0.322 e. The standard InChI is InChI=1S/C23H29N5O/c1-14-11-15(2)27-23(26-14)29-22-19(17(12-24)13-25-18-6-7-18)9-10-21-20(22)8-5-16(3)28(21)4/h9-13,16,18H,5-8,24H2,1-4H3. The smallest absolute Gasteiger partial charge is 0.322 e. The number of allylic oxidation sites excluding steroid dienone is 1. The molecule has 2 heterocycles. The molecule has 1 aromatic carbocycles. The van der Waals surface area contributed by atoms with Gasteiger partial charge < -0.3 is 15.4 Å². The SMILES string of the molecule is Cc1cc(C)nc(Oc2c(C(C=NC3CC3)=CN)ccc3c2CCC(C)N3C)n1. The first-order valence-electron chi connectivity index (χ1n) is 10.3. The molecule has 1 fully saturated rings. The second-order valence-electron chi connectivity index (χ2n) is 8.11. The zero-order valence-corrected chi connectivity index (χ0v) is 17.6. The molecule has 29 heavy (non-hydrogen) atoms. The first-order chi connectivity index (χ1) is 14.0. The Kier molecular flexibility index (Phi) is 5.26. The number of fused-ring (bicyclic) bond motifs is 1. The van der Waals surface area contributed by atoms with Gasteiger partial charge in [0.15, 0.2) is 0 Å². The molecule has 0 spiro atoms. The number of nitrogens with zero attached hydrogens (tertiary/aromatic N) is 4. The minimum Gasteiger partial charge on any atom is -0.423 e. The molecule has 1 unspecified atom stereocenters. The fourth-order valence-electron chi connectivity index (χ4n) is 3.76. The van der Waals surface area contributed by atoms with Crippen LogP contribution in [0.4, 0.5) is 5.69 Å². The molecule has 0 radical (unpaired) electrons. The second kappa shape index (κ2) is 7.85. The van der Waals surface area contributed by atoms with Crippen LogP contribution >= 0.6 is 0 Å². The van der Waals surface area contributed by atoms with Gasteiger partial charge in [-0.3, -0.25) is 4.99 Å². The van der Waals surface area contributed by atoms with E-state index in [-0.39, 0.29) is 0 Å². The zero-order valence-electron chi connectivity index (χ0n) is 17.6. The Morgan fingerprint density at radius 2 is 1.93 bits per heavy atom. The average molecular weight is 392 g/mol. The lowest BCUT2D eigenvalue weighted by Crippen LogP contribution is -2.33. The second-order valence-corrected chi connectivity index (χ2v) is 8.11. The number of hydrogen-bond donors (Lipinski definition) is 1. The van der Waals surface area contributed by atoms with Crippen LogP contribution in [-0.2, 0) is 6.42 Å². The highest BCUT2D eigenvalue weighted by Gasteiger charge is 2.27. The number of rotatable bonds is 5. The summed E-state index contributed by atoms with van der Waals surface area (Å²) in [5, 5.41) is 0. The first-order valence-corrected chi connectivity index (χ1v) is 10.3. The molecule has 2 N–H and O–H groups in total. The molecule has 1 aliphatic heterocycles. The van der Waals surface area contributed by atoms with E-state index in [1.165, 1.54) is 11.3 Å². The lowest BCUT2D eigenvalue weighted by Gasteiger charge is -2.35. The van der Waals surface area contributed by atoms with Crippen molar-refractivity contribution >= 4 is 17.5 Å². The van der Waals surface area contributed by atoms with Crippen molar-refractivity contribution in [2.45, 2.75) is 58.5 Å². The molecule has 2 aliphatic rings. The van der Waals surface area contributed by atoms with E-state index in [4.69, 9.17) is 10.5 Å². The lowest BCUT2D eigenvalue weighted by atomic mass is 9.92. The zero-order chi connectivity index (χ0) is 20.5. The third kappa shape index (κ3) is 4.11. The Morgan fingerprint density at radius 3 is 2.59 bits per heavy atom. The summed E-state index contributed by atoms with van der Waals surface area (Å²) in [6.45, 7) is 6.15. The van der Waals surface area contributed by atoms with Gasteiger partial charge in [-0.25, -0.2) is 9.97 Å². The van der Waals surface area contributed by atoms with Crippen LogP contribution in [-0.4, -0.2) is 35.3 Å². The Balaban J connectivity index is 1.82. The van der Waals surface area contributed by atoms with Crippen LogP contribution in [0.15, 0.2) is 29.4 Å². The quantitative estimate of drug-likeness (QED) is 0.774. The van der Waals surface area contributed by atoms with Crippen LogP contribution in [0.1, 0.15) is 48.7 Å². The first kappa shape index (κ1) is 19.4. The molecule has 0 saturated heterocycles. The number of aryl methyl sites for hydroxylation is 2. The van der Waals surface area contributed by atoms with Crippen LogP contribution in [0.3, 0.4) is 0 Å². The van der Waals surface area contributed by atoms with Crippen molar-refractivity contribution in [1.29, 1.82) is 0 Å². The van der Waals surface area contributed by atoms with Gasteiger partial charge in [0.25, 0.3) is 0 Å². The van der Waals surface area contributed by atoms with E-state index in [0.717, 1.165) is 54.0 Å². The normalized spacial score (nSPS) is 19.5. The molecule has 0 bridgehead atoms. The van der Waals surface area contributed by atoms with Crippen LogP contribution in [0.2, 0.25) is 0 Å². The molecule has 6 nitrogen and oxygen atoms in total. The van der Waals surface area contributed by atoms with Gasteiger partial charge in [-0.05, 0) is 64.7 Å². The predicted molar refractivity (Wildman–Crippen MR) is 118 cm³/mol. The van der Waals surface area contributed by atoms with E-state index in [2.05, 4.69) is 46.0 Å². The van der Waals surface area contributed by atoms with Crippen LogP contribution in [0.5, 0.6) is 11.8 Å². The number of aromatic nitrogens is 2. The van der Waals surface area contributed by atoms with Gasteiger partial charge in [0.1, 0.15) is 5.75 Å². The Morgan fingerprint density at radius 1 is 1.21 bits per heavy atom. The molecule has 1 aromatic heterocycles. The van der Waals surface area contributed by atoms with Crippen molar-refractivity contribution in [1.82, 2.24) is 9.97 Å². The molecule has 1 atom stereocenters. The number of anilines is 1. The van der Waals surface area contributed by atoms with Gasteiger partial charge in [0, 0.05) is 59.3 Å². The Hall–Kier alpha value is -2.89. The highest BCUT2D eigenvalue weighted by molar-refractivity contribution is 6.11. The van der Waals surface area contributed by atoms with Crippen LogP contribution < -0.4 is 15.4 Å². The number of aliphatic imine (C=N–C) groups is 1. The van der Waals surface area contributed by atoms with Gasteiger partial charge in [0.05, 0.1) is 6.04 Å². The van der Waals surface area contributed by atoms with E-state index >= 15 is 0 Å². The molecular weight excluding hydrogens is 362 g/mol. The largest absolute Gasteiger partial charge is 0.423 e. The van der Waals surface area contributed by atoms with Crippen molar-refractivity contribution in [3.8, 4) is 11.8 Å². The van der Waals surface area contributed by atoms with Crippen molar-refractivity contribution in [3.63, 3.8) is 0 Å². The minimum atomic E-state index is 0.369. The minimum absolute atomic E-state index is 0.369. The van der Waals surface area contributed by atoms with E-state index in [1.807, 2.05) is 26.1 Å². The van der Waals surface area contributed by atoms with E-state index in [0.29, 0.717) is 18.1 Å². The van der Waals surface area contributed by atoms with Crippen molar-refractivity contribution in [3.05, 3.63) is 46.9 Å². The average Bonchev–Trinajstić information content (AvgIpc) is 3.50. The van der Waals surface area contributed by atoms with Gasteiger partial charge in [0.2, 0.25) is 0 Å². The molecule has 2 aromatic rings. The molecule has 1 saturated carbocycles. The number of ether oxygens (including phenoxy) is 1. The fraction of sp³-hybridized carbons (Fsp3) is 0.435. The molecule has 0 amide bonds. The van der Waals surface area contributed by atoms with E-state index < -0.39 is 0 Å². The van der Waals surface area contributed by atoms with Gasteiger partial charge in [-0.1, -0.05) is 0 Å². The van der Waals surface area contributed by atoms with E-state index in [1.54, 1.807) is 6.20 Å². The summed E-state index contributed by atoms with van der Waals surface area (Å²) in [4.78, 5) is 15.9. The summed E-state index contributed by atoms with van der Waals surface area (Å²) in [6.07, 6.45) is 7.80. The summed E-state index contributed by atoms with van der Waals surface area (Å²) < 4.78 is 6.35. The number of nitrogens with two attached hydrogens (primary N) is 1. The van der Waals surface area contributed by atoms with Crippen molar-refractivity contribution in [2.24, 2.45) is 10.7 Å². The molecule has 152 valence electrons. The van der Waals surface area contributed by atoms with Crippen molar-refractivity contribution in [2.75, 3.05) is 11.9 Å². The topological polar surface area (TPSA) is 76.6 Å². The summed E-state index contributed by atoms with van der Waals surface area (Å²) in [5.41, 5.74) is 11.9. The summed E-state index contributed by atoms with van der Waals surface area (Å²) in [7, 11) is 2.13. The van der Waals surface area contributed by atoms with Crippen molar-refractivity contribution < 1.29 is 4.74 Å². The molecule has 4 rings (SSSR count). The Bertz CT molecular complexity index is 957. The highest BCUT2D eigenvalue weighted by Crippen LogP contribution is 2.42. The van der Waals surface area contributed by atoms with Gasteiger partial charge in [-0.15, -0.1) is 0 Å². The fourth-order valence-corrected chi connectivity index (χ4v) is 3.76. The summed E-state index contributed by atoms with van der Waals surface area (Å²) in [6, 6.07) is 7.46. The van der Waals surface area contributed by atoms with Gasteiger partial charge >= 0.3 is 6.01 Å². The third-order valence-corrected chi connectivity index (χ3v) is 5.71. The molecular formula is C23H29N5O. The predicted octanol–water partition coefficient (Wildman–Crippen LogP) is 4.19. The number of hydrogen-bond acceptors (Lipinski definition) is 6. The van der Waals surface area contributed by atoms with Crippen LogP contribution in [0.25, 0.3) is 5.57 Å². The number of benzene rings is 1. The van der Waals surface area contributed by atoms with Crippen LogP contribution in [0, 0.1) is 13.8 Å². The molecule has 6 heteroatoms. The molecule has 1 aliphatic carbocycles. The maximum atomic E-state index is 6.35. The van der Waals surface area contributed by atoms with Gasteiger partial charge in [-0.2, -0.15) is 0 Å².